The Morgan fingerprint density at radius 2 is 2.17 bits per heavy atom. The van der Waals surface area contributed by atoms with Crippen LogP contribution in [-0.2, 0) is 14.4 Å². The maximum Gasteiger partial charge on any atom is 0.350 e. The smallest absolute Gasteiger partial charge is 0.350 e. The second-order valence-electron chi connectivity index (χ2n) is 3.51. The molecule has 5 heteroatoms. The van der Waals surface area contributed by atoms with Crippen molar-refractivity contribution in [3.8, 4) is 0 Å². The Morgan fingerprint density at radius 1 is 1.44 bits per heavy atom. The minimum absolute atomic E-state index is 0.326. The van der Waals surface area contributed by atoms with Crippen LogP contribution in [0.2, 0.25) is 5.02 Å². The fourth-order valence-electron chi connectivity index (χ4n) is 1.26. The van der Waals surface area contributed by atoms with Gasteiger partial charge >= 0.3 is 5.97 Å². The fourth-order valence-corrected chi connectivity index (χ4v) is 1.44. The van der Waals surface area contributed by atoms with E-state index in [4.69, 9.17) is 21.2 Å². The molecule has 1 aromatic rings. The largest absolute Gasteiger partial charge is 0.463 e. The summed E-state index contributed by atoms with van der Waals surface area (Å²) in [7, 11) is 0. The molecule has 1 unspecified atom stereocenters. The summed E-state index contributed by atoms with van der Waals surface area (Å²) in [5.74, 6) is -0.406. The summed E-state index contributed by atoms with van der Waals surface area (Å²) in [6, 6.07) is 7.23. The number of rotatable bonds is 6. The van der Waals surface area contributed by atoms with Crippen LogP contribution in [0.5, 0.6) is 0 Å². The summed E-state index contributed by atoms with van der Waals surface area (Å²) in [5.41, 5.74) is 0.734. The molecule has 0 heterocycles. The molecule has 0 aliphatic rings. The average molecular weight is 270 g/mol. The van der Waals surface area contributed by atoms with Crippen molar-refractivity contribution >= 4 is 23.8 Å². The van der Waals surface area contributed by atoms with Gasteiger partial charge in [-0.15, -0.1) is 0 Å². The highest BCUT2D eigenvalue weighted by molar-refractivity contribution is 6.33. The molecule has 0 aliphatic heterocycles. The van der Waals surface area contributed by atoms with Gasteiger partial charge in [-0.25, -0.2) is 4.79 Å². The first-order valence-electron chi connectivity index (χ1n) is 5.79. The zero-order valence-electron chi connectivity index (χ0n) is 10.4. The van der Waals surface area contributed by atoms with Crippen molar-refractivity contribution in [3.05, 3.63) is 34.9 Å². The Hall–Kier alpha value is -1.55. The molecule has 0 fully saturated rings. The van der Waals surface area contributed by atoms with Crippen LogP contribution in [0.15, 0.2) is 29.4 Å². The predicted octanol–water partition coefficient (Wildman–Crippen LogP) is 3.03. The van der Waals surface area contributed by atoms with E-state index in [9.17, 15) is 4.79 Å². The van der Waals surface area contributed by atoms with Crippen LogP contribution in [0.4, 0.5) is 0 Å². The average Bonchev–Trinajstić information content (AvgIpc) is 2.37. The summed E-state index contributed by atoms with van der Waals surface area (Å²) in [6.07, 6.45) is 1.30. The van der Waals surface area contributed by atoms with Crippen molar-refractivity contribution < 1.29 is 14.4 Å². The fraction of sp³-hybridized carbons (Fsp3) is 0.385. The number of esters is 1. The van der Waals surface area contributed by atoms with Gasteiger partial charge in [0.1, 0.15) is 0 Å². The summed E-state index contributed by atoms with van der Waals surface area (Å²) in [6.45, 7) is 3.90. The number of ether oxygens (including phenoxy) is 1. The number of halogens is 1. The first-order valence-corrected chi connectivity index (χ1v) is 6.17. The lowest BCUT2D eigenvalue weighted by atomic mass is 10.2. The number of nitrogens with zero attached hydrogens (tertiary/aromatic N) is 1. The predicted molar refractivity (Wildman–Crippen MR) is 70.8 cm³/mol. The Bertz CT molecular complexity index is 420. The van der Waals surface area contributed by atoms with Crippen LogP contribution in [0.1, 0.15) is 25.8 Å². The third-order valence-electron chi connectivity index (χ3n) is 2.21. The molecule has 0 saturated carbocycles. The number of oxime groups is 1. The Balaban J connectivity index is 2.58. The SMILES string of the molecule is CCOC(=O)C(CC)O/N=C/c1ccccc1Cl. The molecule has 0 spiro atoms. The van der Waals surface area contributed by atoms with Crippen LogP contribution in [0.3, 0.4) is 0 Å². The Morgan fingerprint density at radius 3 is 2.78 bits per heavy atom. The lowest BCUT2D eigenvalue weighted by Crippen LogP contribution is -2.24. The van der Waals surface area contributed by atoms with E-state index in [0.29, 0.717) is 18.1 Å². The van der Waals surface area contributed by atoms with Crippen molar-refractivity contribution in [1.29, 1.82) is 0 Å². The molecular formula is C13H16ClNO3. The third kappa shape index (κ3) is 4.37. The highest BCUT2D eigenvalue weighted by atomic mass is 35.5. The molecule has 1 rings (SSSR count). The Labute approximate surface area is 112 Å². The zero-order chi connectivity index (χ0) is 13.4. The Kier molecular flexibility index (Phi) is 6.22. The maximum absolute atomic E-state index is 11.4. The van der Waals surface area contributed by atoms with E-state index in [-0.39, 0.29) is 0 Å². The zero-order valence-corrected chi connectivity index (χ0v) is 11.2. The van der Waals surface area contributed by atoms with Gasteiger partial charge in [0, 0.05) is 10.6 Å². The first-order chi connectivity index (χ1) is 8.69. The minimum Gasteiger partial charge on any atom is -0.463 e. The molecule has 0 aromatic heterocycles. The normalized spacial score (nSPS) is 12.4. The first kappa shape index (κ1) is 14.5. The highest BCUT2D eigenvalue weighted by Crippen LogP contribution is 2.12. The van der Waals surface area contributed by atoms with Crippen LogP contribution < -0.4 is 0 Å². The molecule has 0 amide bonds. The molecule has 0 N–H and O–H groups in total. The molecular weight excluding hydrogens is 254 g/mol. The molecule has 18 heavy (non-hydrogen) atoms. The lowest BCUT2D eigenvalue weighted by molar-refractivity contribution is -0.156. The summed E-state index contributed by atoms with van der Waals surface area (Å²) >= 11 is 5.95. The quantitative estimate of drug-likeness (QED) is 0.453. The van der Waals surface area contributed by atoms with Gasteiger partial charge in [-0.05, 0) is 19.4 Å². The molecule has 1 aromatic carbocycles. The van der Waals surface area contributed by atoms with Crippen LogP contribution in [0.25, 0.3) is 0 Å². The van der Waals surface area contributed by atoms with Crippen LogP contribution in [-0.4, -0.2) is 24.9 Å². The minimum atomic E-state index is -0.677. The van der Waals surface area contributed by atoms with E-state index >= 15 is 0 Å². The molecule has 0 bridgehead atoms. The van der Waals surface area contributed by atoms with Gasteiger partial charge in [0.05, 0.1) is 12.8 Å². The standard InChI is InChI=1S/C13H16ClNO3/c1-3-12(13(16)17-4-2)18-15-9-10-7-5-6-8-11(10)14/h5-9,12H,3-4H2,1-2H3/b15-9+. The van der Waals surface area contributed by atoms with Crippen LogP contribution in [0, 0.1) is 0 Å². The number of carbonyl (C=O) groups excluding carboxylic acids is 1. The second kappa shape index (κ2) is 7.71. The highest BCUT2D eigenvalue weighted by Gasteiger charge is 2.18. The van der Waals surface area contributed by atoms with Gasteiger partial charge in [0.15, 0.2) is 0 Å². The van der Waals surface area contributed by atoms with E-state index < -0.39 is 12.1 Å². The van der Waals surface area contributed by atoms with Gasteiger partial charge in [-0.3, -0.25) is 0 Å². The number of hydrogen-bond donors (Lipinski definition) is 0. The van der Waals surface area contributed by atoms with Gasteiger partial charge < -0.3 is 9.57 Å². The maximum atomic E-state index is 11.4. The topological polar surface area (TPSA) is 47.9 Å². The summed E-state index contributed by atoms with van der Waals surface area (Å²) in [5, 5.41) is 4.34. The number of benzene rings is 1. The van der Waals surface area contributed by atoms with E-state index in [2.05, 4.69) is 5.16 Å². The van der Waals surface area contributed by atoms with E-state index in [1.165, 1.54) is 6.21 Å². The van der Waals surface area contributed by atoms with Crippen molar-refractivity contribution in [2.75, 3.05) is 6.61 Å². The number of carbonyl (C=O) groups is 1. The van der Waals surface area contributed by atoms with E-state index in [1.54, 1.807) is 19.1 Å². The molecule has 1 atom stereocenters. The van der Waals surface area contributed by atoms with Crippen molar-refractivity contribution in [3.63, 3.8) is 0 Å². The molecule has 4 nitrogen and oxygen atoms in total. The van der Waals surface area contributed by atoms with Gasteiger partial charge in [0.25, 0.3) is 0 Å². The molecule has 0 radical (unpaired) electrons. The van der Waals surface area contributed by atoms with Crippen molar-refractivity contribution in [1.82, 2.24) is 0 Å². The number of hydrogen-bond acceptors (Lipinski definition) is 4. The molecule has 0 aliphatic carbocycles. The molecule has 98 valence electrons. The molecule has 0 saturated heterocycles. The lowest BCUT2D eigenvalue weighted by Gasteiger charge is -2.10. The summed E-state index contributed by atoms with van der Waals surface area (Å²) in [4.78, 5) is 16.5. The van der Waals surface area contributed by atoms with Crippen molar-refractivity contribution in [2.24, 2.45) is 5.16 Å². The van der Waals surface area contributed by atoms with Gasteiger partial charge in [-0.1, -0.05) is 41.9 Å². The van der Waals surface area contributed by atoms with Crippen molar-refractivity contribution in [2.45, 2.75) is 26.4 Å². The monoisotopic (exact) mass is 269 g/mol. The van der Waals surface area contributed by atoms with Crippen LogP contribution >= 0.6 is 11.6 Å². The summed E-state index contributed by atoms with van der Waals surface area (Å²) < 4.78 is 4.86. The van der Waals surface area contributed by atoms with Gasteiger partial charge in [-0.2, -0.15) is 0 Å². The van der Waals surface area contributed by atoms with E-state index in [0.717, 1.165) is 5.56 Å². The van der Waals surface area contributed by atoms with Gasteiger partial charge in [0.2, 0.25) is 6.10 Å². The van der Waals surface area contributed by atoms with E-state index in [1.807, 2.05) is 19.1 Å². The second-order valence-corrected chi connectivity index (χ2v) is 3.92. The third-order valence-corrected chi connectivity index (χ3v) is 2.55.